The van der Waals surface area contributed by atoms with Crippen molar-refractivity contribution in [3.05, 3.63) is 34.5 Å². The molecule has 3 rings (SSSR count). The summed E-state index contributed by atoms with van der Waals surface area (Å²) in [4.78, 5) is 27.6. The molecule has 0 unspecified atom stereocenters. The van der Waals surface area contributed by atoms with E-state index in [1.807, 2.05) is 0 Å². The molecular formula is C13H16N9O2+. The Bertz CT molecular complexity index is 861. The van der Waals surface area contributed by atoms with E-state index in [1.54, 1.807) is 46.5 Å². The topological polar surface area (TPSA) is 112 Å². The second-order valence-electron chi connectivity index (χ2n) is 5.21. The van der Waals surface area contributed by atoms with Gasteiger partial charge in [-0.15, -0.1) is 5.10 Å². The van der Waals surface area contributed by atoms with Crippen LogP contribution in [0.25, 0.3) is 11.4 Å². The number of hydrazone groups is 1. The van der Waals surface area contributed by atoms with E-state index < -0.39 is 0 Å². The van der Waals surface area contributed by atoms with E-state index in [0.717, 1.165) is 0 Å². The monoisotopic (exact) mass is 330 g/mol. The van der Waals surface area contributed by atoms with Gasteiger partial charge in [0.25, 0.3) is 0 Å². The van der Waals surface area contributed by atoms with Crippen LogP contribution in [0.5, 0.6) is 0 Å². The first kappa shape index (κ1) is 15.5. The first-order valence-electron chi connectivity index (χ1n) is 7.02. The Labute approximate surface area is 136 Å². The van der Waals surface area contributed by atoms with Crippen molar-refractivity contribution >= 4 is 11.9 Å². The highest BCUT2D eigenvalue weighted by atomic mass is 16.2. The molecule has 24 heavy (non-hydrogen) atoms. The van der Waals surface area contributed by atoms with Gasteiger partial charge in [-0.1, -0.05) is 19.6 Å². The smallest absolute Gasteiger partial charge is 0.275 e. The molecule has 1 aliphatic rings. The number of carbonyl (C=O) groups is 1. The van der Waals surface area contributed by atoms with Gasteiger partial charge in [0.1, 0.15) is 19.8 Å². The van der Waals surface area contributed by atoms with Gasteiger partial charge in [0.05, 0.1) is 0 Å². The largest absolute Gasteiger partial charge is 0.539 e. The third kappa shape index (κ3) is 2.66. The summed E-state index contributed by atoms with van der Waals surface area (Å²) in [6.45, 7) is 0. The quantitative estimate of drug-likeness (QED) is 0.652. The number of nitrogens with one attached hydrogen (secondary N) is 1. The number of carbonyl (C=O) groups excluding carboxylic acids is 1. The molecular weight excluding hydrogens is 314 g/mol. The summed E-state index contributed by atoms with van der Waals surface area (Å²) >= 11 is 0. The van der Waals surface area contributed by atoms with Gasteiger partial charge in [0, 0.05) is 25.9 Å². The SMILES string of the molecule is CN1N=C(c2ccc(-c3nn(C)c(=O)[n+](C)n3)cn2)NN(C)C1=O. The number of rotatable bonds is 2. The van der Waals surface area contributed by atoms with Gasteiger partial charge in [-0.2, -0.15) is 4.79 Å². The highest BCUT2D eigenvalue weighted by Crippen LogP contribution is 2.12. The first-order chi connectivity index (χ1) is 11.4. The summed E-state index contributed by atoms with van der Waals surface area (Å²) in [5.74, 6) is 0.819. The van der Waals surface area contributed by atoms with E-state index in [2.05, 4.69) is 25.7 Å². The third-order valence-electron chi connectivity index (χ3n) is 3.39. The number of hydrogen-bond acceptors (Lipinski definition) is 7. The Morgan fingerprint density at radius 3 is 2.50 bits per heavy atom. The molecule has 3 heterocycles. The molecule has 0 spiro atoms. The van der Waals surface area contributed by atoms with Crippen molar-refractivity contribution in [1.29, 1.82) is 0 Å². The van der Waals surface area contributed by atoms with Crippen molar-refractivity contribution in [3.63, 3.8) is 0 Å². The summed E-state index contributed by atoms with van der Waals surface area (Å²) in [5, 5.41) is 14.9. The molecule has 0 saturated heterocycles. The maximum Gasteiger partial charge on any atom is 0.539 e. The molecule has 1 aliphatic heterocycles. The van der Waals surface area contributed by atoms with Crippen molar-refractivity contribution in [3.8, 4) is 11.4 Å². The van der Waals surface area contributed by atoms with Crippen LogP contribution in [0.15, 0.2) is 28.2 Å². The zero-order chi connectivity index (χ0) is 17.4. The molecule has 0 atom stereocenters. The Kier molecular flexibility index (Phi) is 3.67. The van der Waals surface area contributed by atoms with Crippen LogP contribution in [0.4, 0.5) is 4.79 Å². The Morgan fingerprint density at radius 2 is 1.92 bits per heavy atom. The number of hydrazine groups is 1. The molecule has 2 aromatic heterocycles. The number of aryl methyl sites for hydroxylation is 2. The number of nitrogens with zero attached hydrogens (tertiary/aromatic N) is 8. The van der Waals surface area contributed by atoms with Gasteiger partial charge in [0.2, 0.25) is 5.82 Å². The molecule has 0 saturated carbocycles. The Balaban J connectivity index is 1.93. The lowest BCUT2D eigenvalue weighted by Crippen LogP contribution is -2.54. The average molecular weight is 330 g/mol. The minimum atomic E-state index is -0.320. The van der Waals surface area contributed by atoms with E-state index >= 15 is 0 Å². The van der Waals surface area contributed by atoms with Crippen molar-refractivity contribution < 1.29 is 9.48 Å². The van der Waals surface area contributed by atoms with Crippen molar-refractivity contribution in [2.24, 2.45) is 19.2 Å². The molecule has 11 nitrogen and oxygen atoms in total. The van der Waals surface area contributed by atoms with Crippen molar-refractivity contribution in [1.82, 2.24) is 35.3 Å². The average Bonchev–Trinajstić information content (AvgIpc) is 2.57. The second-order valence-corrected chi connectivity index (χ2v) is 5.21. The molecule has 124 valence electrons. The lowest BCUT2D eigenvalue weighted by molar-refractivity contribution is -0.749. The summed E-state index contributed by atoms with van der Waals surface area (Å²) in [5.41, 5.74) is 3.73. The summed E-state index contributed by atoms with van der Waals surface area (Å²) in [7, 11) is 6.27. The molecule has 2 amide bonds. The molecule has 0 aliphatic carbocycles. The van der Waals surface area contributed by atoms with Crippen LogP contribution in [-0.4, -0.2) is 55.8 Å². The summed E-state index contributed by atoms with van der Waals surface area (Å²) in [6, 6.07) is 3.22. The number of amides is 2. The molecule has 11 heteroatoms. The molecule has 0 aromatic carbocycles. The minimum absolute atomic E-state index is 0.276. The highest BCUT2D eigenvalue weighted by molar-refractivity contribution is 6.00. The number of amidine groups is 1. The highest BCUT2D eigenvalue weighted by Gasteiger charge is 2.23. The predicted molar refractivity (Wildman–Crippen MR) is 82.3 cm³/mol. The van der Waals surface area contributed by atoms with Gasteiger partial charge >= 0.3 is 11.7 Å². The lowest BCUT2D eigenvalue weighted by atomic mass is 10.2. The molecule has 0 bridgehead atoms. The fourth-order valence-corrected chi connectivity index (χ4v) is 2.13. The van der Waals surface area contributed by atoms with Crippen LogP contribution < -0.4 is 15.8 Å². The van der Waals surface area contributed by atoms with E-state index in [0.29, 0.717) is 22.9 Å². The maximum absolute atomic E-state index is 11.6. The van der Waals surface area contributed by atoms with Crippen LogP contribution in [-0.2, 0) is 14.1 Å². The fourth-order valence-electron chi connectivity index (χ4n) is 2.13. The Hall–Kier alpha value is -3.37. The van der Waals surface area contributed by atoms with Crippen LogP contribution in [0.1, 0.15) is 5.69 Å². The van der Waals surface area contributed by atoms with Gasteiger partial charge in [-0.3, -0.25) is 10.4 Å². The fraction of sp³-hybridized carbons (Fsp3) is 0.308. The van der Waals surface area contributed by atoms with E-state index in [9.17, 15) is 9.59 Å². The van der Waals surface area contributed by atoms with Gasteiger partial charge in [-0.25, -0.2) is 14.8 Å². The molecule has 0 radical (unpaired) electrons. The number of urea groups is 1. The zero-order valence-corrected chi connectivity index (χ0v) is 13.6. The third-order valence-corrected chi connectivity index (χ3v) is 3.39. The van der Waals surface area contributed by atoms with Crippen LogP contribution >= 0.6 is 0 Å². The first-order valence-corrected chi connectivity index (χ1v) is 7.02. The van der Waals surface area contributed by atoms with E-state index in [1.165, 1.54) is 19.4 Å². The Morgan fingerprint density at radius 1 is 1.17 bits per heavy atom. The van der Waals surface area contributed by atoms with Crippen LogP contribution in [0, 0.1) is 0 Å². The van der Waals surface area contributed by atoms with Gasteiger partial charge in [0.15, 0.2) is 5.84 Å². The molecule has 2 aromatic rings. The van der Waals surface area contributed by atoms with E-state index in [4.69, 9.17) is 0 Å². The lowest BCUT2D eigenvalue weighted by Gasteiger charge is -2.28. The molecule has 0 fully saturated rings. The maximum atomic E-state index is 11.6. The second kappa shape index (κ2) is 5.68. The normalized spacial score (nSPS) is 14.5. The molecule has 1 N–H and O–H groups in total. The van der Waals surface area contributed by atoms with Crippen molar-refractivity contribution in [2.75, 3.05) is 14.1 Å². The number of hydrogen-bond donors (Lipinski definition) is 1. The minimum Gasteiger partial charge on any atom is -0.275 e. The zero-order valence-electron chi connectivity index (χ0n) is 13.6. The predicted octanol–water partition coefficient (Wildman–Crippen LogP) is -1.77. The standard InChI is InChI=1S/C13H16N9O2/c1-19-12(23)20(2)16-10(15-19)8-5-6-9(14-7-8)11-17-21(3)13(24)22(4)18-11/h5-7H,1-4H3,(H,17,18)/q+1. The summed E-state index contributed by atoms with van der Waals surface area (Å²) < 4.78 is 2.41. The summed E-state index contributed by atoms with van der Waals surface area (Å²) in [6.07, 6.45) is 1.58. The number of pyridine rings is 1. The van der Waals surface area contributed by atoms with Crippen LogP contribution in [0.2, 0.25) is 0 Å². The van der Waals surface area contributed by atoms with E-state index in [-0.39, 0.29) is 11.7 Å². The number of aromatic nitrogens is 5. The van der Waals surface area contributed by atoms with Crippen molar-refractivity contribution in [2.45, 2.75) is 0 Å². The van der Waals surface area contributed by atoms with Crippen LogP contribution in [0.3, 0.4) is 0 Å². The van der Waals surface area contributed by atoms with Gasteiger partial charge in [-0.05, 0) is 12.1 Å². The van der Waals surface area contributed by atoms with Gasteiger partial charge < -0.3 is 0 Å².